The minimum Gasteiger partial charge on any atom is -0.478 e. The second kappa shape index (κ2) is 14.3. The molecule has 14 heteroatoms. The smallest absolute Gasteiger partial charge is 0.335 e. The van der Waals surface area contributed by atoms with E-state index < -0.39 is 44.7 Å². The molecule has 0 fully saturated rings. The fraction of sp³-hybridized carbons (Fsp3) is 0.400. The Bertz CT molecular complexity index is 1300. The number of unbranched alkanes of at least 4 members (excludes halogenated alkanes) is 2. The van der Waals surface area contributed by atoms with E-state index in [2.05, 4.69) is 15.6 Å². The molecule has 0 radical (unpaired) electrons. The molecule has 0 bridgehead atoms. The number of nitrogens with one attached hydrogen (secondary N) is 2. The van der Waals surface area contributed by atoms with Crippen molar-refractivity contribution >= 4 is 34.2 Å². The van der Waals surface area contributed by atoms with Crippen molar-refractivity contribution < 1.29 is 37.9 Å². The first-order valence-corrected chi connectivity index (χ1v) is 13.8. The normalized spacial score (nSPS) is 12.7. The maximum absolute atomic E-state index is 12.9. The number of nitrogens with two attached hydrogens (primary N) is 1. The van der Waals surface area contributed by atoms with E-state index >= 15 is 0 Å². The summed E-state index contributed by atoms with van der Waals surface area (Å²) in [6, 6.07) is 6.88. The Labute approximate surface area is 226 Å². The van der Waals surface area contributed by atoms with Gasteiger partial charge in [-0.3, -0.25) is 19.6 Å². The summed E-state index contributed by atoms with van der Waals surface area (Å²) in [5, 5.41) is 30.0. The molecule has 0 saturated heterocycles. The molecular formula is C25H33N5O8S. The molecule has 39 heavy (non-hydrogen) atoms. The third kappa shape index (κ3) is 8.84. The molecule has 0 aliphatic rings. The van der Waals surface area contributed by atoms with Crippen molar-refractivity contribution in [1.82, 2.24) is 20.7 Å². The molecule has 2 unspecified atom stereocenters. The molecule has 0 aliphatic carbocycles. The number of hydroxylamine groups is 2. The molecule has 1 heterocycles. The van der Waals surface area contributed by atoms with Gasteiger partial charge in [-0.2, -0.15) is 0 Å². The van der Waals surface area contributed by atoms with Crippen LogP contribution in [0.15, 0.2) is 41.3 Å². The van der Waals surface area contributed by atoms with Crippen molar-refractivity contribution in [1.29, 1.82) is 0 Å². The number of aromatic nitrogens is 1. The molecule has 6 N–H and O–H groups in total. The number of primary sulfonamides is 1. The standard InChI is InChI=1S/C25H33N5O8S/c1-3-5-6-8-19(22(4-2)30(36)15-31)23(32)27-14-28-24(33)21-10-7-9-20(29-21)16-11-17(25(34)35)13-18(12-16)39(26,37)38/h7,9-13,15,19,22,36H,3-6,8,14H2,1-2H3,(H,27,32)(H,28,33)(H,34,35)(H2,26,37,38). The number of carboxylic acids is 1. The lowest BCUT2D eigenvalue weighted by Crippen LogP contribution is -2.47. The lowest BCUT2D eigenvalue weighted by atomic mass is 9.90. The SMILES string of the molecule is CCCCCC(C(=O)NCNC(=O)c1cccc(-c2cc(C(=O)O)cc(S(N)(=O)=O)c2)n1)C(CC)N(O)C=O. The summed E-state index contributed by atoms with van der Waals surface area (Å²) >= 11 is 0. The Kier molecular flexibility index (Phi) is 11.5. The molecule has 13 nitrogen and oxygen atoms in total. The monoisotopic (exact) mass is 563 g/mol. The van der Waals surface area contributed by atoms with Crippen molar-refractivity contribution in [2.75, 3.05) is 6.67 Å². The first-order valence-electron chi connectivity index (χ1n) is 12.3. The van der Waals surface area contributed by atoms with Crippen molar-refractivity contribution in [3.8, 4) is 11.3 Å². The van der Waals surface area contributed by atoms with E-state index in [0.717, 1.165) is 31.4 Å². The van der Waals surface area contributed by atoms with Gasteiger partial charge in [0.15, 0.2) is 0 Å². The molecule has 2 rings (SSSR count). The number of rotatable bonds is 15. The van der Waals surface area contributed by atoms with E-state index in [1.165, 1.54) is 24.3 Å². The van der Waals surface area contributed by atoms with E-state index in [-0.39, 0.29) is 35.6 Å². The number of sulfonamides is 1. The molecular weight excluding hydrogens is 530 g/mol. The van der Waals surface area contributed by atoms with Gasteiger partial charge in [-0.25, -0.2) is 28.4 Å². The van der Waals surface area contributed by atoms with E-state index in [1.807, 2.05) is 6.92 Å². The Balaban J connectivity index is 2.17. The molecule has 0 spiro atoms. The zero-order valence-corrected chi connectivity index (χ0v) is 22.5. The second-order valence-corrected chi connectivity index (χ2v) is 10.4. The Morgan fingerprint density at radius 2 is 1.85 bits per heavy atom. The van der Waals surface area contributed by atoms with Gasteiger partial charge in [0.05, 0.1) is 34.8 Å². The van der Waals surface area contributed by atoms with E-state index in [0.29, 0.717) is 17.9 Å². The van der Waals surface area contributed by atoms with Crippen LogP contribution in [0.2, 0.25) is 0 Å². The molecule has 3 amide bonds. The lowest BCUT2D eigenvalue weighted by Gasteiger charge is -2.29. The number of aromatic carboxylic acids is 1. The molecule has 1 aromatic heterocycles. The van der Waals surface area contributed by atoms with Gasteiger partial charge in [-0.1, -0.05) is 39.2 Å². The minimum atomic E-state index is -4.21. The van der Waals surface area contributed by atoms with Gasteiger partial charge in [0.1, 0.15) is 5.69 Å². The highest BCUT2D eigenvalue weighted by Crippen LogP contribution is 2.24. The topological polar surface area (TPSA) is 209 Å². The lowest BCUT2D eigenvalue weighted by molar-refractivity contribution is -0.168. The molecule has 0 aliphatic heterocycles. The first-order chi connectivity index (χ1) is 18.4. The highest BCUT2D eigenvalue weighted by Gasteiger charge is 2.30. The number of carbonyl (C=O) groups is 4. The summed E-state index contributed by atoms with van der Waals surface area (Å²) in [4.78, 5) is 51.9. The quantitative estimate of drug-likeness (QED) is 0.0701. The van der Waals surface area contributed by atoms with E-state index in [9.17, 15) is 37.9 Å². The van der Waals surface area contributed by atoms with Crippen molar-refractivity contribution in [2.24, 2.45) is 11.1 Å². The fourth-order valence-electron chi connectivity index (χ4n) is 4.04. The van der Waals surface area contributed by atoms with Crippen LogP contribution in [0.4, 0.5) is 0 Å². The van der Waals surface area contributed by atoms with Gasteiger partial charge in [0.2, 0.25) is 22.3 Å². The Morgan fingerprint density at radius 1 is 1.13 bits per heavy atom. The third-order valence-electron chi connectivity index (χ3n) is 6.06. The van der Waals surface area contributed by atoms with Gasteiger partial charge in [-0.15, -0.1) is 0 Å². The first kappa shape index (κ1) is 31.3. The van der Waals surface area contributed by atoms with Gasteiger partial charge in [-0.05, 0) is 43.2 Å². The van der Waals surface area contributed by atoms with Crippen LogP contribution in [-0.2, 0) is 19.6 Å². The number of carboxylic acid groups (broad SMARTS) is 1. The largest absolute Gasteiger partial charge is 0.478 e. The van der Waals surface area contributed by atoms with Crippen LogP contribution < -0.4 is 15.8 Å². The van der Waals surface area contributed by atoms with E-state index in [1.54, 1.807) is 6.92 Å². The Hall–Kier alpha value is -3.88. The third-order valence-corrected chi connectivity index (χ3v) is 6.95. The number of carbonyl (C=O) groups excluding carboxylic acids is 3. The average Bonchev–Trinajstić information content (AvgIpc) is 2.91. The zero-order chi connectivity index (χ0) is 29.2. The van der Waals surface area contributed by atoms with Crippen LogP contribution in [0, 0.1) is 5.92 Å². The number of hydrogen-bond acceptors (Lipinski definition) is 8. The van der Waals surface area contributed by atoms with Gasteiger partial charge < -0.3 is 15.7 Å². The molecule has 2 aromatic rings. The van der Waals surface area contributed by atoms with Gasteiger partial charge in [0, 0.05) is 5.56 Å². The maximum Gasteiger partial charge on any atom is 0.335 e. The van der Waals surface area contributed by atoms with Crippen LogP contribution in [0.5, 0.6) is 0 Å². The van der Waals surface area contributed by atoms with Crippen LogP contribution in [0.25, 0.3) is 11.3 Å². The van der Waals surface area contributed by atoms with Crippen LogP contribution in [0.3, 0.4) is 0 Å². The van der Waals surface area contributed by atoms with Gasteiger partial charge >= 0.3 is 5.97 Å². The van der Waals surface area contributed by atoms with Crippen LogP contribution in [0.1, 0.15) is 66.8 Å². The fourth-order valence-corrected chi connectivity index (χ4v) is 4.62. The number of nitrogens with zero attached hydrogens (tertiary/aromatic N) is 2. The second-order valence-electron chi connectivity index (χ2n) is 8.79. The average molecular weight is 564 g/mol. The predicted molar refractivity (Wildman–Crippen MR) is 140 cm³/mol. The highest BCUT2D eigenvalue weighted by atomic mass is 32.2. The predicted octanol–water partition coefficient (Wildman–Crippen LogP) is 1.72. The molecule has 1 aromatic carbocycles. The summed E-state index contributed by atoms with van der Waals surface area (Å²) in [5.74, 6) is -3.17. The number of pyridine rings is 1. The summed E-state index contributed by atoms with van der Waals surface area (Å²) < 4.78 is 23.6. The van der Waals surface area contributed by atoms with Crippen LogP contribution in [-0.4, -0.2) is 65.7 Å². The number of hydrogen-bond donors (Lipinski definition) is 5. The molecule has 0 saturated carbocycles. The number of amides is 3. The summed E-state index contributed by atoms with van der Waals surface area (Å²) in [6.45, 7) is 3.49. The van der Waals surface area contributed by atoms with Crippen LogP contribution >= 0.6 is 0 Å². The maximum atomic E-state index is 12.9. The zero-order valence-electron chi connectivity index (χ0n) is 21.7. The Morgan fingerprint density at radius 3 is 2.44 bits per heavy atom. The molecule has 212 valence electrons. The summed E-state index contributed by atoms with van der Waals surface area (Å²) in [5.41, 5.74) is -0.164. The number of benzene rings is 1. The van der Waals surface area contributed by atoms with Crippen molar-refractivity contribution in [3.63, 3.8) is 0 Å². The van der Waals surface area contributed by atoms with Crippen molar-refractivity contribution in [3.05, 3.63) is 47.7 Å². The molecule has 2 atom stereocenters. The highest BCUT2D eigenvalue weighted by molar-refractivity contribution is 7.89. The van der Waals surface area contributed by atoms with Gasteiger partial charge in [0.25, 0.3) is 5.91 Å². The van der Waals surface area contributed by atoms with Crippen molar-refractivity contribution in [2.45, 2.75) is 56.9 Å². The summed E-state index contributed by atoms with van der Waals surface area (Å²) in [7, 11) is -4.21. The van der Waals surface area contributed by atoms with E-state index in [4.69, 9.17) is 5.14 Å². The summed E-state index contributed by atoms with van der Waals surface area (Å²) in [6.07, 6.45) is 3.56. The minimum absolute atomic E-state index is 0.0759.